The number of ether oxygens (including phenoxy) is 1. The van der Waals surface area contributed by atoms with Crippen LogP contribution in [0.1, 0.15) is 25.7 Å². The molecule has 3 aromatic rings. The van der Waals surface area contributed by atoms with Gasteiger partial charge in [-0.3, -0.25) is 19.2 Å². The Hall–Kier alpha value is -4.91. The number of hydrogen-bond acceptors (Lipinski definition) is 10. The number of fused-ring (bicyclic) bond motifs is 1. The van der Waals surface area contributed by atoms with Gasteiger partial charge >= 0.3 is 17.9 Å². The summed E-state index contributed by atoms with van der Waals surface area (Å²) in [5, 5.41) is 39.5. The summed E-state index contributed by atoms with van der Waals surface area (Å²) in [5.74, 6) is -4.92. The number of phenolic OH excluding ortho intramolecular Hbond substituents is 2. The highest BCUT2D eigenvalue weighted by atomic mass is 16.5. The number of benzene rings is 2. The number of carboxylic acid groups (broad SMARTS) is 2. The van der Waals surface area contributed by atoms with Crippen molar-refractivity contribution in [3.63, 3.8) is 0 Å². The molecule has 2 atom stereocenters. The third-order valence-electron chi connectivity index (χ3n) is 5.48. The van der Waals surface area contributed by atoms with Crippen molar-refractivity contribution in [2.24, 2.45) is 5.73 Å². The Labute approximate surface area is 214 Å². The van der Waals surface area contributed by atoms with Gasteiger partial charge in [0.15, 0.2) is 0 Å². The number of nitrogens with two attached hydrogens (primary N) is 1. The topological polar surface area (TPSA) is 227 Å². The van der Waals surface area contributed by atoms with E-state index in [0.717, 1.165) is 12.3 Å². The van der Waals surface area contributed by atoms with Crippen LogP contribution in [-0.4, -0.2) is 56.3 Å². The number of hydrogen-bond donors (Lipinski definition) is 6. The zero-order valence-electron chi connectivity index (χ0n) is 19.7. The van der Waals surface area contributed by atoms with Crippen molar-refractivity contribution in [1.82, 2.24) is 5.32 Å². The van der Waals surface area contributed by atoms with Gasteiger partial charge in [-0.1, -0.05) is 12.1 Å². The summed E-state index contributed by atoms with van der Waals surface area (Å²) in [4.78, 5) is 59.5. The van der Waals surface area contributed by atoms with Gasteiger partial charge in [-0.05, 0) is 30.5 Å². The highest BCUT2D eigenvalue weighted by Crippen LogP contribution is 2.30. The van der Waals surface area contributed by atoms with E-state index in [1.807, 2.05) is 0 Å². The third-order valence-corrected chi connectivity index (χ3v) is 5.48. The SMILES string of the molecule is N[C@H](CCC(=O)O)C(=O)N[C@H](CCC(=O)O)C(=O)Oc1ccc(-c2coc3cc(O)cc(O)c3c2=O)cc1. The average molecular weight is 528 g/mol. The Kier molecular flexibility index (Phi) is 8.65. The van der Waals surface area contributed by atoms with Crippen LogP contribution in [-0.2, 0) is 19.2 Å². The molecule has 1 heterocycles. The number of carbonyl (C=O) groups excluding carboxylic acids is 2. The molecule has 0 bridgehead atoms. The summed E-state index contributed by atoms with van der Waals surface area (Å²) in [7, 11) is 0. The summed E-state index contributed by atoms with van der Waals surface area (Å²) < 4.78 is 10.6. The molecule has 3 rings (SSSR count). The average Bonchev–Trinajstić information content (AvgIpc) is 2.85. The summed E-state index contributed by atoms with van der Waals surface area (Å²) >= 11 is 0. The van der Waals surface area contributed by atoms with Crippen LogP contribution < -0.4 is 21.2 Å². The summed E-state index contributed by atoms with van der Waals surface area (Å²) in [6, 6.07) is 5.15. The molecule has 0 radical (unpaired) electrons. The van der Waals surface area contributed by atoms with Crippen molar-refractivity contribution < 1.29 is 48.8 Å². The molecule has 0 aliphatic carbocycles. The number of carboxylic acids is 2. The molecular weight excluding hydrogens is 504 g/mol. The number of rotatable bonds is 11. The lowest BCUT2D eigenvalue weighted by Crippen LogP contribution is -2.49. The normalized spacial score (nSPS) is 12.4. The number of amides is 1. The quantitative estimate of drug-likeness (QED) is 0.153. The highest BCUT2D eigenvalue weighted by molar-refractivity contribution is 5.89. The maximum absolute atomic E-state index is 12.9. The van der Waals surface area contributed by atoms with E-state index in [2.05, 4.69) is 5.32 Å². The first kappa shape index (κ1) is 27.7. The lowest BCUT2D eigenvalue weighted by molar-refractivity contribution is -0.142. The Morgan fingerprint density at radius 2 is 1.61 bits per heavy atom. The molecule has 38 heavy (non-hydrogen) atoms. The molecule has 0 fully saturated rings. The Morgan fingerprint density at radius 1 is 0.974 bits per heavy atom. The van der Waals surface area contributed by atoms with Crippen molar-refractivity contribution in [1.29, 1.82) is 0 Å². The van der Waals surface area contributed by atoms with E-state index in [0.29, 0.717) is 5.56 Å². The fraction of sp³-hybridized carbons (Fsp3) is 0.240. The molecule has 0 aliphatic rings. The molecule has 1 amide bonds. The Balaban J connectivity index is 1.76. The van der Waals surface area contributed by atoms with E-state index in [9.17, 15) is 34.2 Å². The van der Waals surface area contributed by atoms with Crippen molar-refractivity contribution in [2.45, 2.75) is 37.8 Å². The molecule has 1 aromatic heterocycles. The summed E-state index contributed by atoms with van der Waals surface area (Å²) in [5.41, 5.74) is 5.51. The van der Waals surface area contributed by atoms with Crippen molar-refractivity contribution in [3.05, 3.63) is 52.9 Å². The predicted octanol–water partition coefficient (Wildman–Crippen LogP) is 1.32. The molecule has 2 aromatic carbocycles. The van der Waals surface area contributed by atoms with Gasteiger partial charge in [0.1, 0.15) is 40.5 Å². The minimum atomic E-state index is -1.37. The van der Waals surface area contributed by atoms with Crippen LogP contribution in [0.5, 0.6) is 17.2 Å². The number of aromatic hydroxyl groups is 2. The molecule has 0 unspecified atom stereocenters. The minimum absolute atomic E-state index is 0.0149. The van der Waals surface area contributed by atoms with Crippen molar-refractivity contribution in [3.8, 4) is 28.4 Å². The second kappa shape index (κ2) is 11.9. The van der Waals surface area contributed by atoms with E-state index >= 15 is 0 Å². The van der Waals surface area contributed by atoms with Crippen LogP contribution in [0.4, 0.5) is 0 Å². The molecule has 0 saturated heterocycles. The monoisotopic (exact) mass is 528 g/mol. The number of carbonyl (C=O) groups is 4. The van der Waals surface area contributed by atoms with E-state index in [1.54, 1.807) is 0 Å². The predicted molar refractivity (Wildman–Crippen MR) is 131 cm³/mol. The van der Waals surface area contributed by atoms with Crippen LogP contribution in [0.15, 0.2) is 51.9 Å². The van der Waals surface area contributed by atoms with Crippen molar-refractivity contribution in [2.75, 3.05) is 0 Å². The number of phenols is 2. The van der Waals surface area contributed by atoms with E-state index in [1.165, 1.54) is 30.3 Å². The standard InChI is InChI=1S/C25H24N2O11/c26-16(5-7-20(30)31)24(35)27-17(6-8-21(32)33)25(36)38-14-3-1-12(2-4-14)15-11-37-19-10-13(28)9-18(29)22(19)23(15)34/h1-4,9-11,16-17,28-29H,5-8,26H2,(H,27,35)(H,30,31)(H,32,33)/t16-,17-/m1/s1. The third kappa shape index (κ3) is 6.85. The first-order valence-electron chi connectivity index (χ1n) is 11.3. The maximum atomic E-state index is 12.9. The van der Waals surface area contributed by atoms with E-state index < -0.39 is 53.5 Å². The molecule has 0 aliphatic heterocycles. The minimum Gasteiger partial charge on any atom is -0.508 e. The van der Waals surface area contributed by atoms with E-state index in [-0.39, 0.29) is 47.3 Å². The van der Waals surface area contributed by atoms with Gasteiger partial charge in [-0.25, -0.2) is 4.79 Å². The largest absolute Gasteiger partial charge is 0.508 e. The molecule has 0 spiro atoms. The van der Waals surface area contributed by atoms with Gasteiger partial charge in [0.2, 0.25) is 11.3 Å². The van der Waals surface area contributed by atoms with Gasteiger partial charge < -0.3 is 40.6 Å². The smallest absolute Gasteiger partial charge is 0.334 e. The van der Waals surface area contributed by atoms with Gasteiger partial charge in [0, 0.05) is 25.0 Å². The van der Waals surface area contributed by atoms with Gasteiger partial charge in [-0.2, -0.15) is 0 Å². The van der Waals surface area contributed by atoms with Crippen LogP contribution >= 0.6 is 0 Å². The molecule has 13 heteroatoms. The van der Waals surface area contributed by atoms with Crippen LogP contribution in [0, 0.1) is 0 Å². The Morgan fingerprint density at radius 3 is 2.24 bits per heavy atom. The lowest BCUT2D eigenvalue weighted by atomic mass is 10.0. The molecule has 200 valence electrons. The first-order chi connectivity index (χ1) is 18.0. The fourth-order valence-electron chi connectivity index (χ4n) is 3.51. The number of aliphatic carboxylic acids is 2. The van der Waals surface area contributed by atoms with Gasteiger partial charge in [0.05, 0.1) is 11.6 Å². The highest BCUT2D eigenvalue weighted by Gasteiger charge is 2.26. The molecule has 0 saturated carbocycles. The zero-order chi connectivity index (χ0) is 28.0. The molecule has 13 nitrogen and oxygen atoms in total. The van der Waals surface area contributed by atoms with Gasteiger partial charge in [-0.15, -0.1) is 0 Å². The summed E-state index contributed by atoms with van der Waals surface area (Å²) in [6.45, 7) is 0. The molecular formula is C25H24N2O11. The van der Waals surface area contributed by atoms with Crippen LogP contribution in [0.3, 0.4) is 0 Å². The van der Waals surface area contributed by atoms with E-state index in [4.69, 9.17) is 25.1 Å². The van der Waals surface area contributed by atoms with Crippen LogP contribution in [0.2, 0.25) is 0 Å². The second-order valence-electron chi connectivity index (χ2n) is 8.29. The van der Waals surface area contributed by atoms with Crippen molar-refractivity contribution >= 4 is 34.8 Å². The zero-order valence-corrected chi connectivity index (χ0v) is 19.7. The fourth-order valence-corrected chi connectivity index (χ4v) is 3.51. The molecule has 7 N–H and O–H groups in total. The second-order valence-corrected chi connectivity index (χ2v) is 8.29. The first-order valence-corrected chi connectivity index (χ1v) is 11.3. The number of nitrogens with one attached hydrogen (secondary N) is 1. The lowest BCUT2D eigenvalue weighted by Gasteiger charge is -2.19. The van der Waals surface area contributed by atoms with Gasteiger partial charge in [0.25, 0.3) is 0 Å². The summed E-state index contributed by atoms with van der Waals surface area (Å²) in [6.07, 6.45) is -0.185. The number of esters is 1. The van der Waals surface area contributed by atoms with Crippen LogP contribution in [0.25, 0.3) is 22.1 Å². The Bertz CT molecular complexity index is 1430. The maximum Gasteiger partial charge on any atom is 0.334 e.